The number of nitrogen functional groups attached to an aromatic ring is 1. The third kappa shape index (κ3) is 3.52. The number of carbonyl (C=O) groups excluding carboxylic acids is 1. The predicted molar refractivity (Wildman–Crippen MR) is 123 cm³/mol. The van der Waals surface area contributed by atoms with Crippen LogP contribution in [0.3, 0.4) is 0 Å². The standard InChI is InChI=1S/C26H21N3O3/c1-31-24-15-21(32-20-9-3-2-4-10-20)11-12-23(24)29-26(27)22(16-28-29)25(30)19-13-17-7-5-6-8-18(17)14-19/h2-13,15-16H,14,27H2,1H3. The van der Waals surface area contributed by atoms with Gasteiger partial charge in [0.2, 0.25) is 0 Å². The van der Waals surface area contributed by atoms with Crippen molar-refractivity contribution < 1.29 is 14.3 Å². The molecular formula is C26H21N3O3. The second-order valence-corrected chi connectivity index (χ2v) is 7.48. The minimum Gasteiger partial charge on any atom is -0.494 e. The van der Waals surface area contributed by atoms with E-state index in [1.807, 2.05) is 66.7 Å². The van der Waals surface area contributed by atoms with Gasteiger partial charge in [0, 0.05) is 18.1 Å². The first-order valence-electron chi connectivity index (χ1n) is 10.2. The lowest BCUT2D eigenvalue weighted by Gasteiger charge is -2.13. The average molecular weight is 423 g/mol. The predicted octanol–water partition coefficient (Wildman–Crippen LogP) is 5.08. The SMILES string of the molecule is COc1cc(Oc2ccccc2)ccc1-n1ncc(C(=O)C2=Cc3ccccc3C2)c1N. The van der Waals surface area contributed by atoms with Gasteiger partial charge in [0.15, 0.2) is 5.78 Å². The molecule has 5 rings (SSSR count). The molecule has 1 aromatic heterocycles. The van der Waals surface area contributed by atoms with Crippen molar-refractivity contribution in [1.82, 2.24) is 9.78 Å². The molecular weight excluding hydrogens is 402 g/mol. The quantitative estimate of drug-likeness (QED) is 0.438. The zero-order valence-corrected chi connectivity index (χ0v) is 17.5. The third-order valence-electron chi connectivity index (χ3n) is 5.47. The minimum absolute atomic E-state index is 0.118. The molecule has 0 fully saturated rings. The Morgan fingerprint density at radius 1 is 1.00 bits per heavy atom. The normalized spacial score (nSPS) is 12.2. The second kappa shape index (κ2) is 8.07. The molecule has 0 saturated heterocycles. The van der Waals surface area contributed by atoms with Gasteiger partial charge in [0.1, 0.15) is 28.8 Å². The summed E-state index contributed by atoms with van der Waals surface area (Å²) in [6.45, 7) is 0. The summed E-state index contributed by atoms with van der Waals surface area (Å²) in [7, 11) is 1.57. The van der Waals surface area contributed by atoms with Crippen molar-refractivity contribution in [1.29, 1.82) is 0 Å². The van der Waals surface area contributed by atoms with Crippen LogP contribution in [0.2, 0.25) is 0 Å². The fourth-order valence-corrected chi connectivity index (χ4v) is 3.84. The van der Waals surface area contributed by atoms with Gasteiger partial charge in [-0.25, -0.2) is 4.68 Å². The number of allylic oxidation sites excluding steroid dienone is 1. The van der Waals surface area contributed by atoms with Crippen molar-refractivity contribution in [3.8, 4) is 22.9 Å². The summed E-state index contributed by atoms with van der Waals surface area (Å²) in [6, 6.07) is 22.8. The molecule has 158 valence electrons. The molecule has 32 heavy (non-hydrogen) atoms. The largest absolute Gasteiger partial charge is 0.494 e. The van der Waals surface area contributed by atoms with Crippen LogP contribution in [0.5, 0.6) is 17.2 Å². The van der Waals surface area contributed by atoms with Crippen LogP contribution >= 0.6 is 0 Å². The van der Waals surface area contributed by atoms with Gasteiger partial charge in [0.05, 0.1) is 18.9 Å². The first kappa shape index (κ1) is 19.6. The van der Waals surface area contributed by atoms with Crippen molar-refractivity contribution >= 4 is 17.7 Å². The summed E-state index contributed by atoms with van der Waals surface area (Å²) < 4.78 is 12.9. The fraction of sp³-hybridized carbons (Fsp3) is 0.0769. The summed E-state index contributed by atoms with van der Waals surface area (Å²) in [6.07, 6.45) is 4.02. The van der Waals surface area contributed by atoms with Crippen LogP contribution in [0.15, 0.2) is 84.6 Å². The van der Waals surface area contributed by atoms with Crippen LogP contribution in [-0.2, 0) is 6.42 Å². The van der Waals surface area contributed by atoms with Gasteiger partial charge in [-0.1, -0.05) is 42.5 Å². The molecule has 0 spiro atoms. The monoisotopic (exact) mass is 423 g/mol. The number of anilines is 1. The molecule has 6 heteroatoms. The third-order valence-corrected chi connectivity index (χ3v) is 5.47. The minimum atomic E-state index is -0.118. The van der Waals surface area contributed by atoms with Crippen LogP contribution in [0, 0.1) is 0 Å². The molecule has 3 aromatic carbocycles. The van der Waals surface area contributed by atoms with E-state index in [2.05, 4.69) is 5.10 Å². The van der Waals surface area contributed by atoms with Crippen LogP contribution in [0.1, 0.15) is 21.5 Å². The maximum absolute atomic E-state index is 13.1. The van der Waals surface area contributed by atoms with Gasteiger partial charge < -0.3 is 15.2 Å². The average Bonchev–Trinajstić information content (AvgIpc) is 3.43. The number of carbonyl (C=O) groups is 1. The fourth-order valence-electron chi connectivity index (χ4n) is 3.84. The number of nitrogens with zero attached hydrogens (tertiary/aromatic N) is 2. The number of fused-ring (bicyclic) bond motifs is 1. The maximum atomic E-state index is 13.1. The molecule has 1 heterocycles. The summed E-state index contributed by atoms with van der Waals surface area (Å²) in [5.74, 6) is 2.02. The van der Waals surface area contributed by atoms with E-state index < -0.39 is 0 Å². The molecule has 0 aliphatic heterocycles. The lowest BCUT2D eigenvalue weighted by atomic mass is 10.0. The molecule has 2 N–H and O–H groups in total. The Morgan fingerprint density at radius 3 is 2.56 bits per heavy atom. The molecule has 4 aromatic rings. The first-order chi connectivity index (χ1) is 15.6. The van der Waals surface area contributed by atoms with Crippen LogP contribution in [-0.4, -0.2) is 22.7 Å². The topological polar surface area (TPSA) is 79.4 Å². The number of aromatic nitrogens is 2. The number of nitrogens with two attached hydrogens (primary N) is 1. The molecule has 0 bridgehead atoms. The lowest BCUT2D eigenvalue weighted by Crippen LogP contribution is -2.09. The Bertz CT molecular complexity index is 1340. The second-order valence-electron chi connectivity index (χ2n) is 7.48. The van der Waals surface area contributed by atoms with Gasteiger partial charge in [-0.15, -0.1) is 0 Å². The molecule has 0 saturated carbocycles. The van der Waals surface area contributed by atoms with E-state index in [1.165, 1.54) is 10.9 Å². The molecule has 1 aliphatic rings. The van der Waals surface area contributed by atoms with E-state index in [-0.39, 0.29) is 11.6 Å². The van der Waals surface area contributed by atoms with Crippen LogP contribution in [0.25, 0.3) is 11.8 Å². The first-order valence-corrected chi connectivity index (χ1v) is 10.2. The van der Waals surface area contributed by atoms with Crippen LogP contribution < -0.4 is 15.2 Å². The van der Waals surface area contributed by atoms with Gasteiger partial charge in [-0.3, -0.25) is 4.79 Å². The van der Waals surface area contributed by atoms with E-state index in [0.29, 0.717) is 34.7 Å². The molecule has 0 amide bonds. The maximum Gasteiger partial charge on any atom is 0.194 e. The van der Waals surface area contributed by atoms with E-state index in [0.717, 1.165) is 16.9 Å². The highest BCUT2D eigenvalue weighted by Gasteiger charge is 2.24. The van der Waals surface area contributed by atoms with Gasteiger partial charge in [-0.05, 0) is 41.5 Å². The highest BCUT2D eigenvalue weighted by molar-refractivity contribution is 6.15. The Balaban J connectivity index is 1.43. The number of hydrogen-bond acceptors (Lipinski definition) is 5. The van der Waals surface area contributed by atoms with Crippen molar-refractivity contribution in [2.75, 3.05) is 12.8 Å². The highest BCUT2D eigenvalue weighted by Crippen LogP contribution is 2.33. The zero-order valence-electron chi connectivity index (χ0n) is 17.5. The number of Topliss-reactive ketones (excluding diaryl/α,β-unsaturated/α-hetero) is 1. The summed E-state index contributed by atoms with van der Waals surface area (Å²) in [5.41, 5.74) is 10.3. The van der Waals surface area contributed by atoms with Gasteiger partial charge >= 0.3 is 0 Å². The number of ketones is 1. The van der Waals surface area contributed by atoms with Gasteiger partial charge in [0.25, 0.3) is 0 Å². The lowest BCUT2D eigenvalue weighted by molar-refractivity contribution is 0.103. The van der Waals surface area contributed by atoms with Crippen molar-refractivity contribution in [2.24, 2.45) is 0 Å². The van der Waals surface area contributed by atoms with E-state index >= 15 is 0 Å². The summed E-state index contributed by atoms with van der Waals surface area (Å²) in [5, 5.41) is 4.37. The van der Waals surface area contributed by atoms with Gasteiger partial charge in [-0.2, -0.15) is 5.10 Å². The number of methoxy groups -OCH3 is 1. The van der Waals surface area contributed by atoms with E-state index in [9.17, 15) is 4.79 Å². The van der Waals surface area contributed by atoms with Crippen molar-refractivity contribution in [3.63, 3.8) is 0 Å². The number of para-hydroxylation sites is 1. The molecule has 6 nitrogen and oxygen atoms in total. The number of hydrogen-bond donors (Lipinski definition) is 1. The Morgan fingerprint density at radius 2 is 1.78 bits per heavy atom. The van der Waals surface area contributed by atoms with E-state index in [4.69, 9.17) is 15.2 Å². The zero-order chi connectivity index (χ0) is 22.1. The van der Waals surface area contributed by atoms with Crippen LogP contribution in [0.4, 0.5) is 5.82 Å². The smallest absolute Gasteiger partial charge is 0.194 e. The number of rotatable bonds is 6. The molecule has 0 radical (unpaired) electrons. The van der Waals surface area contributed by atoms with Crippen molar-refractivity contribution in [3.05, 3.63) is 101 Å². The Labute approximate surface area is 185 Å². The Hall–Kier alpha value is -4.32. The summed E-state index contributed by atoms with van der Waals surface area (Å²) >= 11 is 0. The molecule has 1 aliphatic carbocycles. The number of benzene rings is 3. The molecule has 0 atom stereocenters. The Kier molecular flexibility index (Phi) is 4.95. The number of ether oxygens (including phenoxy) is 2. The van der Waals surface area contributed by atoms with Crippen molar-refractivity contribution in [2.45, 2.75) is 6.42 Å². The van der Waals surface area contributed by atoms with E-state index in [1.54, 1.807) is 19.2 Å². The molecule has 0 unspecified atom stereocenters. The highest BCUT2D eigenvalue weighted by atomic mass is 16.5. The summed E-state index contributed by atoms with van der Waals surface area (Å²) in [4.78, 5) is 13.1.